The van der Waals surface area contributed by atoms with Crippen molar-refractivity contribution in [3.8, 4) is 0 Å². The number of nitrogens with zero attached hydrogens (tertiary/aromatic N) is 4. The molecular formula is C12H14ClFN4O3. The van der Waals surface area contributed by atoms with E-state index in [0.717, 1.165) is 0 Å². The lowest BCUT2D eigenvalue weighted by atomic mass is 9.90. The number of ether oxygens (including phenoxy) is 1. The third kappa shape index (κ3) is 1.94. The molecule has 1 aliphatic rings. The van der Waals surface area contributed by atoms with Gasteiger partial charge in [-0.05, 0) is 13.8 Å². The van der Waals surface area contributed by atoms with Crippen LogP contribution < -0.4 is 0 Å². The molecule has 0 amide bonds. The third-order valence-corrected chi connectivity index (χ3v) is 4.13. The van der Waals surface area contributed by atoms with Crippen LogP contribution in [0.1, 0.15) is 20.1 Å². The molecule has 0 spiro atoms. The summed E-state index contributed by atoms with van der Waals surface area (Å²) >= 11 is 5.91. The van der Waals surface area contributed by atoms with Crippen LogP contribution in [-0.2, 0) is 4.74 Å². The molecule has 1 aliphatic heterocycles. The molecule has 3 rings (SSSR count). The second kappa shape index (κ2) is 4.57. The molecule has 114 valence electrons. The Morgan fingerprint density at radius 2 is 2.14 bits per heavy atom. The van der Waals surface area contributed by atoms with E-state index in [2.05, 4.69) is 15.0 Å². The van der Waals surface area contributed by atoms with Crippen molar-refractivity contribution in [2.45, 2.75) is 37.4 Å². The maximum Gasteiger partial charge on any atom is 0.181 e. The number of aliphatic hydroxyl groups is 2. The van der Waals surface area contributed by atoms with E-state index in [-0.39, 0.29) is 5.15 Å². The molecule has 2 N–H and O–H groups in total. The van der Waals surface area contributed by atoms with Crippen molar-refractivity contribution in [3.05, 3.63) is 17.8 Å². The molecule has 3 heterocycles. The summed E-state index contributed by atoms with van der Waals surface area (Å²) in [4.78, 5) is 11.9. The van der Waals surface area contributed by atoms with Gasteiger partial charge in [0.25, 0.3) is 0 Å². The Labute approximate surface area is 124 Å². The minimum atomic E-state index is -2.14. The Kier molecular flexibility index (Phi) is 3.17. The highest BCUT2D eigenvalue weighted by Crippen LogP contribution is 2.47. The lowest BCUT2D eigenvalue weighted by Gasteiger charge is -2.26. The summed E-state index contributed by atoms with van der Waals surface area (Å²) < 4.78 is 21.8. The van der Waals surface area contributed by atoms with Crippen molar-refractivity contribution < 1.29 is 19.3 Å². The van der Waals surface area contributed by atoms with Crippen molar-refractivity contribution in [1.29, 1.82) is 0 Å². The van der Waals surface area contributed by atoms with E-state index in [1.165, 1.54) is 31.1 Å². The van der Waals surface area contributed by atoms with Crippen LogP contribution in [0, 0.1) is 0 Å². The number of aromatic nitrogens is 4. The Balaban J connectivity index is 2.13. The fraction of sp³-hybridized carbons (Fsp3) is 0.583. The van der Waals surface area contributed by atoms with Gasteiger partial charge in [0.15, 0.2) is 22.7 Å². The summed E-state index contributed by atoms with van der Waals surface area (Å²) in [5.41, 5.74) is -2.95. The van der Waals surface area contributed by atoms with Gasteiger partial charge in [-0.3, -0.25) is 4.57 Å². The molecule has 2 aromatic heterocycles. The van der Waals surface area contributed by atoms with Gasteiger partial charge < -0.3 is 14.9 Å². The van der Waals surface area contributed by atoms with Gasteiger partial charge in [0, 0.05) is 0 Å². The third-order valence-electron chi connectivity index (χ3n) is 3.86. The van der Waals surface area contributed by atoms with Crippen molar-refractivity contribution in [3.63, 3.8) is 0 Å². The number of fused-ring (bicyclic) bond motifs is 1. The zero-order valence-corrected chi connectivity index (χ0v) is 12.1. The molecule has 7 nitrogen and oxygen atoms in total. The molecule has 1 fully saturated rings. The van der Waals surface area contributed by atoms with E-state index < -0.39 is 30.2 Å². The van der Waals surface area contributed by atoms with Crippen LogP contribution in [0.3, 0.4) is 0 Å². The molecule has 1 saturated heterocycles. The molecule has 2 unspecified atom stereocenters. The summed E-state index contributed by atoms with van der Waals surface area (Å²) in [7, 11) is 0. The molecule has 9 heteroatoms. The average Bonchev–Trinajstić information content (AvgIpc) is 2.94. The monoisotopic (exact) mass is 316 g/mol. The lowest BCUT2D eigenvalue weighted by Crippen LogP contribution is -2.47. The quantitative estimate of drug-likeness (QED) is 0.798. The summed E-state index contributed by atoms with van der Waals surface area (Å²) in [6.45, 7) is 2.13. The summed E-state index contributed by atoms with van der Waals surface area (Å²) in [5, 5.41) is 19.6. The van der Waals surface area contributed by atoms with Crippen molar-refractivity contribution in [2.75, 3.05) is 6.61 Å². The van der Waals surface area contributed by atoms with Gasteiger partial charge in [-0.2, -0.15) is 0 Å². The fourth-order valence-corrected chi connectivity index (χ4v) is 2.79. The normalized spacial score (nSPS) is 36.5. The van der Waals surface area contributed by atoms with Crippen LogP contribution in [0.2, 0.25) is 5.15 Å². The number of rotatable bonds is 2. The van der Waals surface area contributed by atoms with Crippen LogP contribution >= 0.6 is 11.6 Å². The van der Waals surface area contributed by atoms with Crippen LogP contribution in [0.25, 0.3) is 11.2 Å². The van der Waals surface area contributed by atoms with Gasteiger partial charge in [-0.1, -0.05) is 11.6 Å². The van der Waals surface area contributed by atoms with Crippen LogP contribution in [0.5, 0.6) is 0 Å². The van der Waals surface area contributed by atoms with E-state index >= 15 is 0 Å². The first kappa shape index (κ1) is 14.6. The van der Waals surface area contributed by atoms with Gasteiger partial charge in [0.2, 0.25) is 0 Å². The second-order valence-corrected chi connectivity index (χ2v) is 5.84. The zero-order chi connectivity index (χ0) is 15.4. The average molecular weight is 317 g/mol. The van der Waals surface area contributed by atoms with Crippen LogP contribution in [-0.4, -0.2) is 53.7 Å². The summed E-state index contributed by atoms with van der Waals surface area (Å²) in [5.74, 6) is 0. The molecule has 0 saturated carbocycles. The number of aliphatic hydroxyl groups excluding tert-OH is 2. The molecule has 0 radical (unpaired) electrons. The highest BCUT2D eigenvalue weighted by atomic mass is 35.5. The standard InChI is InChI=1S/C12H14ClFN4O3/c1-11(3-19)9(20)12(2,14)10(21-11)18-5-17-6-7(13)15-4-16-8(6)18/h4-5,9-10,19-20H,3H2,1-2H3/t9?,10-,11-,12?/m1/s1. The Morgan fingerprint density at radius 3 is 2.76 bits per heavy atom. The lowest BCUT2D eigenvalue weighted by molar-refractivity contribution is -0.116. The van der Waals surface area contributed by atoms with Crippen LogP contribution in [0.15, 0.2) is 12.7 Å². The van der Waals surface area contributed by atoms with Crippen molar-refractivity contribution in [1.82, 2.24) is 19.5 Å². The number of hydrogen-bond acceptors (Lipinski definition) is 6. The van der Waals surface area contributed by atoms with E-state index in [4.69, 9.17) is 16.3 Å². The summed E-state index contributed by atoms with van der Waals surface area (Å²) in [6.07, 6.45) is -0.145. The largest absolute Gasteiger partial charge is 0.393 e. The van der Waals surface area contributed by atoms with E-state index in [0.29, 0.717) is 11.2 Å². The Bertz CT molecular complexity index is 694. The van der Waals surface area contributed by atoms with E-state index in [9.17, 15) is 14.6 Å². The first-order valence-corrected chi connectivity index (χ1v) is 6.68. The zero-order valence-electron chi connectivity index (χ0n) is 11.4. The van der Waals surface area contributed by atoms with E-state index in [1.54, 1.807) is 0 Å². The highest BCUT2D eigenvalue weighted by Gasteiger charge is 2.61. The second-order valence-electron chi connectivity index (χ2n) is 5.48. The van der Waals surface area contributed by atoms with E-state index in [1.807, 2.05) is 0 Å². The maximum atomic E-state index is 14.9. The van der Waals surface area contributed by atoms with Crippen LogP contribution in [0.4, 0.5) is 4.39 Å². The predicted molar refractivity (Wildman–Crippen MR) is 71.5 cm³/mol. The summed E-state index contributed by atoms with van der Waals surface area (Å²) in [6, 6.07) is 0. The molecular weight excluding hydrogens is 303 g/mol. The molecule has 0 aromatic carbocycles. The highest BCUT2D eigenvalue weighted by molar-refractivity contribution is 6.33. The van der Waals surface area contributed by atoms with Crippen molar-refractivity contribution in [2.24, 2.45) is 0 Å². The van der Waals surface area contributed by atoms with Gasteiger partial charge in [0.05, 0.1) is 12.9 Å². The number of alkyl halides is 1. The first-order chi connectivity index (χ1) is 9.81. The minimum Gasteiger partial charge on any atom is -0.393 e. The fourth-order valence-electron chi connectivity index (χ4n) is 2.61. The number of halogens is 2. The predicted octanol–water partition coefficient (Wildman–Crippen LogP) is 0.849. The van der Waals surface area contributed by atoms with Crippen molar-refractivity contribution >= 4 is 22.8 Å². The maximum absolute atomic E-state index is 14.9. The topological polar surface area (TPSA) is 93.3 Å². The van der Waals surface area contributed by atoms with Gasteiger partial charge in [-0.15, -0.1) is 0 Å². The molecule has 2 aromatic rings. The Hall–Kier alpha value is -1.35. The first-order valence-electron chi connectivity index (χ1n) is 6.30. The van der Waals surface area contributed by atoms with Gasteiger partial charge in [0.1, 0.15) is 23.5 Å². The Morgan fingerprint density at radius 1 is 1.43 bits per heavy atom. The number of hydrogen-bond donors (Lipinski definition) is 2. The number of imidazole rings is 1. The smallest absolute Gasteiger partial charge is 0.181 e. The molecule has 0 bridgehead atoms. The SMILES string of the molecule is CC1(F)C(O)[C@@](C)(CO)O[C@H]1n1cnc2c(Cl)ncnc21. The van der Waals surface area contributed by atoms with Gasteiger partial charge >= 0.3 is 0 Å². The minimum absolute atomic E-state index is 0.141. The molecule has 4 atom stereocenters. The molecule has 21 heavy (non-hydrogen) atoms. The molecule has 0 aliphatic carbocycles. The van der Waals surface area contributed by atoms with Gasteiger partial charge in [-0.25, -0.2) is 19.3 Å².